The average molecular weight is 366 g/mol. The molecule has 0 unspecified atom stereocenters. The number of carbonyl (C=O) groups is 3. The van der Waals surface area contributed by atoms with Crippen molar-refractivity contribution in [1.29, 1.82) is 0 Å². The van der Waals surface area contributed by atoms with Gasteiger partial charge in [0.1, 0.15) is 4.34 Å². The van der Waals surface area contributed by atoms with Crippen LogP contribution in [-0.4, -0.2) is 33.7 Å². The number of rotatable bonds is 5. The molecule has 1 fully saturated rings. The van der Waals surface area contributed by atoms with E-state index in [1.165, 1.54) is 17.4 Å². The maximum atomic E-state index is 12.1. The van der Waals surface area contributed by atoms with Gasteiger partial charge in [0.2, 0.25) is 0 Å². The van der Waals surface area contributed by atoms with Gasteiger partial charge in [0.25, 0.3) is 11.1 Å². The second-order valence-corrected chi connectivity index (χ2v) is 7.39. The molecule has 2 amide bonds. The summed E-state index contributed by atoms with van der Waals surface area (Å²) < 4.78 is 0.935. The van der Waals surface area contributed by atoms with Crippen LogP contribution in [-0.2, 0) is 9.59 Å². The Kier molecular flexibility index (Phi) is 5.32. The number of carbonyl (C=O) groups excluding carboxylic acids is 2. The van der Waals surface area contributed by atoms with Gasteiger partial charge >= 0.3 is 5.97 Å². The van der Waals surface area contributed by atoms with Crippen molar-refractivity contribution in [1.82, 2.24) is 4.90 Å². The smallest absolute Gasteiger partial charge is 0.303 e. The molecule has 1 aromatic rings. The summed E-state index contributed by atoms with van der Waals surface area (Å²) >= 11 is 13.8. The van der Waals surface area contributed by atoms with Crippen molar-refractivity contribution in [3.63, 3.8) is 0 Å². The monoisotopic (exact) mass is 365 g/mol. The van der Waals surface area contributed by atoms with E-state index >= 15 is 0 Å². The topological polar surface area (TPSA) is 74.7 Å². The van der Waals surface area contributed by atoms with E-state index in [0.717, 1.165) is 16.7 Å². The fourth-order valence-corrected chi connectivity index (χ4v) is 3.95. The number of thioether (sulfide) groups is 1. The first-order valence-corrected chi connectivity index (χ1v) is 8.19. The van der Waals surface area contributed by atoms with E-state index in [-0.39, 0.29) is 24.3 Å². The molecule has 0 spiro atoms. The third-order valence-corrected chi connectivity index (χ3v) is 5.04. The Labute approximate surface area is 138 Å². The lowest BCUT2D eigenvalue weighted by Gasteiger charge is -2.10. The minimum absolute atomic E-state index is 0.0897. The minimum Gasteiger partial charge on any atom is -0.481 e. The lowest BCUT2D eigenvalue weighted by molar-refractivity contribution is -0.137. The van der Waals surface area contributed by atoms with Gasteiger partial charge in [-0.05, 0) is 30.3 Å². The third kappa shape index (κ3) is 4.00. The second kappa shape index (κ2) is 6.83. The normalized spacial score (nSPS) is 17.0. The molecular weight excluding hydrogens is 357 g/mol. The predicted molar refractivity (Wildman–Crippen MR) is 83.9 cm³/mol. The lowest BCUT2D eigenvalue weighted by atomic mass is 10.2. The van der Waals surface area contributed by atoms with Crippen molar-refractivity contribution in [2.45, 2.75) is 12.8 Å². The molecule has 5 nitrogen and oxygen atoms in total. The lowest BCUT2D eigenvalue weighted by Crippen LogP contribution is -2.29. The van der Waals surface area contributed by atoms with Crippen LogP contribution < -0.4 is 0 Å². The summed E-state index contributed by atoms with van der Waals surface area (Å²) in [7, 11) is 0. The molecule has 1 aliphatic heterocycles. The van der Waals surface area contributed by atoms with Gasteiger partial charge in [-0.25, -0.2) is 0 Å². The summed E-state index contributed by atoms with van der Waals surface area (Å²) in [5.74, 6) is -1.40. The summed E-state index contributed by atoms with van der Waals surface area (Å²) in [4.78, 5) is 35.6. The Morgan fingerprint density at radius 2 is 2.10 bits per heavy atom. The fourth-order valence-electron chi connectivity index (χ4n) is 1.67. The summed E-state index contributed by atoms with van der Waals surface area (Å²) in [6, 6.07) is 1.62. The fraction of sp³-hybridized carbons (Fsp3) is 0.250. The molecule has 112 valence electrons. The van der Waals surface area contributed by atoms with Crippen molar-refractivity contribution < 1.29 is 19.5 Å². The third-order valence-electron chi connectivity index (χ3n) is 2.62. The number of carboxylic acids is 1. The van der Waals surface area contributed by atoms with Gasteiger partial charge < -0.3 is 5.11 Å². The molecule has 9 heteroatoms. The zero-order valence-electron chi connectivity index (χ0n) is 10.5. The molecule has 0 bridgehead atoms. The number of hydrogen-bond acceptors (Lipinski definition) is 5. The van der Waals surface area contributed by atoms with Crippen LogP contribution in [0.4, 0.5) is 4.79 Å². The van der Waals surface area contributed by atoms with Crippen molar-refractivity contribution in [2.75, 3.05) is 6.54 Å². The molecule has 1 aliphatic rings. The van der Waals surface area contributed by atoms with Crippen molar-refractivity contribution >= 4 is 69.5 Å². The van der Waals surface area contributed by atoms with Crippen LogP contribution >= 0.6 is 46.3 Å². The Morgan fingerprint density at radius 3 is 2.67 bits per heavy atom. The molecule has 2 rings (SSSR count). The Hall–Kier alpha value is -1.02. The van der Waals surface area contributed by atoms with Crippen LogP contribution in [0.15, 0.2) is 11.0 Å². The SMILES string of the molecule is O=C(O)CCCN1C(=O)S/C(=C/c2cc(Cl)sc2Cl)C1=O. The van der Waals surface area contributed by atoms with Crippen LogP contribution in [0.3, 0.4) is 0 Å². The van der Waals surface area contributed by atoms with E-state index < -0.39 is 17.1 Å². The van der Waals surface area contributed by atoms with Crippen LogP contribution in [0, 0.1) is 0 Å². The quantitative estimate of drug-likeness (QED) is 0.799. The van der Waals surface area contributed by atoms with Crippen molar-refractivity contribution in [3.8, 4) is 0 Å². The first-order valence-electron chi connectivity index (χ1n) is 5.80. The number of thiophene rings is 1. The predicted octanol–water partition coefficient (Wildman–Crippen LogP) is 3.96. The Bertz CT molecular complexity index is 641. The number of hydrogen-bond donors (Lipinski definition) is 1. The van der Waals surface area contributed by atoms with E-state index in [0.29, 0.717) is 14.2 Å². The molecule has 1 aromatic heterocycles. The van der Waals surface area contributed by atoms with Gasteiger partial charge in [-0.1, -0.05) is 23.2 Å². The first kappa shape index (κ1) is 16.4. The Morgan fingerprint density at radius 1 is 1.38 bits per heavy atom. The van der Waals surface area contributed by atoms with E-state index in [4.69, 9.17) is 28.3 Å². The zero-order valence-corrected chi connectivity index (χ0v) is 13.6. The van der Waals surface area contributed by atoms with Gasteiger partial charge in [-0.15, -0.1) is 11.3 Å². The molecule has 0 aromatic carbocycles. The summed E-state index contributed by atoms with van der Waals surface area (Å²) in [6.07, 6.45) is 1.66. The van der Waals surface area contributed by atoms with Crippen LogP contribution in [0.5, 0.6) is 0 Å². The molecular formula is C12H9Cl2NO4S2. The number of aliphatic carboxylic acids is 1. The largest absolute Gasteiger partial charge is 0.481 e. The highest BCUT2D eigenvalue weighted by Crippen LogP contribution is 2.37. The number of nitrogens with zero attached hydrogens (tertiary/aromatic N) is 1. The summed E-state index contributed by atoms with van der Waals surface area (Å²) in [5.41, 5.74) is 0.586. The van der Waals surface area contributed by atoms with E-state index in [1.54, 1.807) is 6.07 Å². The van der Waals surface area contributed by atoms with Gasteiger partial charge in [0, 0.05) is 18.5 Å². The standard InChI is InChI=1S/C12H9Cl2NO4S2/c13-8-5-6(10(14)21-8)4-7-11(18)15(12(19)20-7)3-1-2-9(16)17/h4-5H,1-3H2,(H,16,17)/b7-4+. The van der Waals surface area contributed by atoms with Crippen LogP contribution in [0.1, 0.15) is 18.4 Å². The van der Waals surface area contributed by atoms with Gasteiger partial charge in [0.05, 0.1) is 9.24 Å². The molecule has 0 saturated carbocycles. The van der Waals surface area contributed by atoms with Gasteiger partial charge in [-0.2, -0.15) is 0 Å². The number of halogens is 2. The highest BCUT2D eigenvalue weighted by atomic mass is 35.5. The second-order valence-electron chi connectivity index (χ2n) is 4.11. The highest BCUT2D eigenvalue weighted by Gasteiger charge is 2.34. The molecule has 21 heavy (non-hydrogen) atoms. The van der Waals surface area contributed by atoms with Gasteiger partial charge in [0.15, 0.2) is 0 Å². The average Bonchev–Trinajstić information content (AvgIpc) is 2.83. The van der Waals surface area contributed by atoms with Crippen molar-refractivity contribution in [3.05, 3.63) is 25.2 Å². The molecule has 1 N–H and O–H groups in total. The van der Waals surface area contributed by atoms with Crippen LogP contribution in [0.25, 0.3) is 6.08 Å². The van der Waals surface area contributed by atoms with Gasteiger partial charge in [-0.3, -0.25) is 19.3 Å². The first-order chi connectivity index (χ1) is 9.88. The maximum absolute atomic E-state index is 12.1. The van der Waals surface area contributed by atoms with E-state index in [2.05, 4.69) is 0 Å². The van der Waals surface area contributed by atoms with Crippen molar-refractivity contribution in [2.24, 2.45) is 0 Å². The number of imide groups is 1. The van der Waals surface area contributed by atoms with E-state index in [1.807, 2.05) is 0 Å². The summed E-state index contributed by atoms with van der Waals surface area (Å²) in [5, 5.41) is 8.16. The minimum atomic E-state index is -0.961. The number of carboxylic acid groups (broad SMARTS) is 1. The number of amides is 2. The zero-order chi connectivity index (χ0) is 15.6. The summed E-state index contributed by atoms with van der Waals surface area (Å²) in [6.45, 7) is 0.0897. The maximum Gasteiger partial charge on any atom is 0.303 e. The molecule has 0 radical (unpaired) electrons. The molecule has 2 heterocycles. The molecule has 0 atom stereocenters. The van der Waals surface area contributed by atoms with E-state index in [9.17, 15) is 14.4 Å². The highest BCUT2D eigenvalue weighted by molar-refractivity contribution is 8.18. The van der Waals surface area contributed by atoms with Crippen LogP contribution in [0.2, 0.25) is 8.67 Å². The molecule has 1 saturated heterocycles. The molecule has 0 aliphatic carbocycles. The Balaban J connectivity index is 2.10.